The van der Waals surface area contributed by atoms with E-state index in [0.717, 1.165) is 26.9 Å². The smallest absolute Gasteiger partial charge is 0.225 e. The summed E-state index contributed by atoms with van der Waals surface area (Å²) in [4.78, 5) is 28.6. The third-order valence-electron chi connectivity index (χ3n) is 6.67. The van der Waals surface area contributed by atoms with Crippen molar-refractivity contribution < 1.29 is 19.1 Å². The van der Waals surface area contributed by atoms with Gasteiger partial charge in [0.05, 0.1) is 0 Å². The van der Waals surface area contributed by atoms with Gasteiger partial charge in [-0.25, -0.2) is 4.98 Å². The largest absolute Gasteiger partial charge is 0.489 e. The second kappa shape index (κ2) is 8.40. The number of Topliss-reactive ketones (excluding diaryl/α,β-unsaturated/α-hetero) is 1. The lowest BCUT2D eigenvalue weighted by Gasteiger charge is -2.19. The minimum Gasteiger partial charge on any atom is -0.489 e. The summed E-state index contributed by atoms with van der Waals surface area (Å²) >= 11 is 9.67. The first-order valence-corrected chi connectivity index (χ1v) is 12.3. The van der Waals surface area contributed by atoms with E-state index in [1.807, 2.05) is 42.5 Å². The fourth-order valence-electron chi connectivity index (χ4n) is 4.95. The van der Waals surface area contributed by atoms with Gasteiger partial charge in [0.25, 0.3) is 0 Å². The zero-order chi connectivity index (χ0) is 23.4. The van der Waals surface area contributed by atoms with Gasteiger partial charge in [0.2, 0.25) is 5.91 Å². The average Bonchev–Trinajstić information content (AvgIpc) is 3.32. The number of hydrogen-bond donors (Lipinski definition) is 1. The van der Waals surface area contributed by atoms with Crippen LogP contribution in [0, 0.1) is 5.92 Å². The molecule has 34 heavy (non-hydrogen) atoms. The highest BCUT2D eigenvalue weighted by Gasteiger charge is 2.59. The van der Waals surface area contributed by atoms with Gasteiger partial charge in [0, 0.05) is 57.9 Å². The molecule has 0 spiro atoms. The van der Waals surface area contributed by atoms with Crippen LogP contribution in [-0.4, -0.2) is 22.8 Å². The predicted octanol–water partition coefficient (Wildman–Crippen LogP) is 5.85. The van der Waals surface area contributed by atoms with E-state index < -0.39 is 0 Å². The van der Waals surface area contributed by atoms with Crippen LogP contribution in [-0.2, 0) is 22.4 Å². The highest BCUT2D eigenvalue weighted by atomic mass is 79.9. The molecule has 1 N–H and O–H groups in total. The molecule has 3 aliphatic rings. The zero-order valence-electron chi connectivity index (χ0n) is 18.0. The van der Waals surface area contributed by atoms with Crippen molar-refractivity contribution in [2.45, 2.75) is 37.7 Å². The van der Waals surface area contributed by atoms with Crippen LogP contribution in [0.3, 0.4) is 0 Å². The SMILES string of the molecule is O=C(Cc1ccc(Br)cc1Cl)C[C@@H]1[C@H]2Oc3ccc(Oc4ccnc5c4CCC(=O)N5)cc3[C@@H]12. The molecule has 1 aliphatic carbocycles. The predicted molar refractivity (Wildman–Crippen MR) is 131 cm³/mol. The van der Waals surface area contributed by atoms with Crippen molar-refractivity contribution in [2.24, 2.45) is 5.92 Å². The van der Waals surface area contributed by atoms with Gasteiger partial charge in [-0.05, 0) is 48.4 Å². The van der Waals surface area contributed by atoms with Gasteiger partial charge < -0.3 is 14.8 Å². The molecule has 6 rings (SSSR count). The van der Waals surface area contributed by atoms with Gasteiger partial charge >= 0.3 is 0 Å². The number of fused-ring (bicyclic) bond motifs is 4. The average molecular weight is 540 g/mol. The van der Waals surface area contributed by atoms with Gasteiger partial charge in [-0.2, -0.15) is 0 Å². The normalized spacial score (nSPS) is 21.6. The molecule has 6 nitrogen and oxygen atoms in total. The topological polar surface area (TPSA) is 77.5 Å². The van der Waals surface area contributed by atoms with E-state index in [9.17, 15) is 9.59 Å². The Morgan fingerprint density at radius 2 is 2.09 bits per heavy atom. The molecule has 2 aliphatic heterocycles. The van der Waals surface area contributed by atoms with Crippen molar-refractivity contribution in [2.75, 3.05) is 5.32 Å². The highest BCUT2D eigenvalue weighted by Crippen LogP contribution is 2.60. The Morgan fingerprint density at radius 3 is 2.94 bits per heavy atom. The van der Waals surface area contributed by atoms with Gasteiger partial charge in [0.1, 0.15) is 35.0 Å². The van der Waals surface area contributed by atoms with Crippen LogP contribution in [0.4, 0.5) is 5.82 Å². The molecule has 3 heterocycles. The van der Waals surface area contributed by atoms with Gasteiger partial charge in [-0.15, -0.1) is 0 Å². The fourth-order valence-corrected chi connectivity index (χ4v) is 5.69. The van der Waals surface area contributed by atoms with Crippen molar-refractivity contribution in [3.05, 3.63) is 74.8 Å². The van der Waals surface area contributed by atoms with Crippen molar-refractivity contribution >= 4 is 45.0 Å². The van der Waals surface area contributed by atoms with Crippen LogP contribution in [0.2, 0.25) is 5.02 Å². The molecule has 3 aromatic rings. The van der Waals surface area contributed by atoms with Gasteiger partial charge in [-0.1, -0.05) is 33.6 Å². The Morgan fingerprint density at radius 1 is 1.21 bits per heavy atom. The number of anilines is 1. The third-order valence-corrected chi connectivity index (χ3v) is 7.51. The number of ether oxygens (including phenoxy) is 2. The number of pyridine rings is 1. The van der Waals surface area contributed by atoms with Gasteiger partial charge in [-0.3, -0.25) is 9.59 Å². The number of benzene rings is 2. The minimum absolute atomic E-state index is 0.0328. The molecule has 1 amide bonds. The number of halogens is 2. The molecule has 2 aromatic carbocycles. The van der Waals surface area contributed by atoms with E-state index in [1.165, 1.54) is 0 Å². The molecule has 172 valence electrons. The first kappa shape index (κ1) is 21.6. The lowest BCUT2D eigenvalue weighted by atomic mass is 10.0. The number of rotatable bonds is 6. The van der Waals surface area contributed by atoms with Crippen LogP contribution in [0.5, 0.6) is 17.2 Å². The number of nitrogens with one attached hydrogen (secondary N) is 1. The third kappa shape index (κ3) is 3.97. The lowest BCUT2D eigenvalue weighted by Crippen LogP contribution is -2.20. The van der Waals surface area contributed by atoms with Crippen LogP contribution in [0.25, 0.3) is 0 Å². The van der Waals surface area contributed by atoms with Crippen molar-refractivity contribution in [3.8, 4) is 17.2 Å². The molecule has 8 heteroatoms. The first-order chi connectivity index (χ1) is 16.5. The molecule has 0 saturated heterocycles. The number of aromatic nitrogens is 1. The summed E-state index contributed by atoms with van der Waals surface area (Å²) in [6.07, 6.45) is 3.46. The molecule has 1 saturated carbocycles. The molecule has 0 radical (unpaired) electrons. The Balaban J connectivity index is 1.15. The van der Waals surface area contributed by atoms with Crippen molar-refractivity contribution in [1.29, 1.82) is 0 Å². The Labute approximate surface area is 209 Å². The Bertz CT molecular complexity index is 1340. The van der Waals surface area contributed by atoms with Crippen LogP contribution < -0.4 is 14.8 Å². The summed E-state index contributed by atoms with van der Waals surface area (Å²) in [5, 5.41) is 3.39. The Kier molecular flexibility index (Phi) is 5.34. The maximum absolute atomic E-state index is 12.7. The summed E-state index contributed by atoms with van der Waals surface area (Å²) in [5.41, 5.74) is 2.82. The van der Waals surface area contributed by atoms with E-state index in [1.54, 1.807) is 6.20 Å². The Hall–Kier alpha value is -2.90. The number of carbonyl (C=O) groups is 2. The van der Waals surface area contributed by atoms with Crippen LogP contribution in [0.15, 0.2) is 53.1 Å². The standard InChI is InChI=1S/C26H20BrClN2O4/c27-14-2-1-13(20(28)10-14)9-15(31)11-19-24-18-12-16(3-5-21(18)34-25(19)24)33-22-7-8-29-26-17(22)4-6-23(32)30-26/h1-3,5,7-8,10,12,19,24-25H,4,6,9,11H2,(H,29,30,32)/t19-,24-,25+/m0/s1. The zero-order valence-corrected chi connectivity index (χ0v) is 20.4. The number of hydrogen-bond acceptors (Lipinski definition) is 5. The molecule has 1 aromatic heterocycles. The lowest BCUT2D eigenvalue weighted by molar-refractivity contribution is -0.119. The van der Waals surface area contributed by atoms with E-state index in [4.69, 9.17) is 21.1 Å². The second-order valence-corrected chi connectivity index (χ2v) is 10.2. The second-order valence-electron chi connectivity index (χ2n) is 8.91. The van der Waals surface area contributed by atoms with E-state index >= 15 is 0 Å². The molecule has 0 unspecified atom stereocenters. The minimum atomic E-state index is -0.0328. The monoisotopic (exact) mass is 538 g/mol. The molecular weight excluding hydrogens is 520 g/mol. The van der Waals surface area contributed by atoms with E-state index in [0.29, 0.717) is 48.0 Å². The van der Waals surface area contributed by atoms with Crippen molar-refractivity contribution in [1.82, 2.24) is 4.98 Å². The van der Waals surface area contributed by atoms with Gasteiger partial charge in [0.15, 0.2) is 0 Å². The van der Waals surface area contributed by atoms with Crippen molar-refractivity contribution in [3.63, 3.8) is 0 Å². The molecule has 1 fully saturated rings. The van der Waals surface area contributed by atoms with E-state index in [-0.39, 0.29) is 29.6 Å². The summed E-state index contributed by atoms with van der Waals surface area (Å²) in [7, 11) is 0. The molecular formula is C26H20BrClN2O4. The molecule has 3 atom stereocenters. The number of nitrogens with zero attached hydrogens (tertiary/aromatic N) is 1. The quantitative estimate of drug-likeness (QED) is 0.425. The fraction of sp³-hybridized carbons (Fsp3) is 0.269. The molecule has 0 bridgehead atoms. The maximum Gasteiger partial charge on any atom is 0.225 e. The maximum atomic E-state index is 12.7. The summed E-state index contributed by atoms with van der Waals surface area (Å²) in [5.74, 6) is 3.31. The first-order valence-electron chi connectivity index (χ1n) is 11.2. The highest BCUT2D eigenvalue weighted by molar-refractivity contribution is 9.10. The number of ketones is 1. The van der Waals surface area contributed by atoms with Crippen LogP contribution >= 0.6 is 27.5 Å². The van der Waals surface area contributed by atoms with Crippen LogP contribution in [0.1, 0.15) is 35.4 Å². The number of carbonyl (C=O) groups excluding carboxylic acids is 2. The van der Waals surface area contributed by atoms with E-state index in [2.05, 4.69) is 26.2 Å². The summed E-state index contributed by atoms with van der Waals surface area (Å²) in [6.45, 7) is 0. The summed E-state index contributed by atoms with van der Waals surface area (Å²) < 4.78 is 13.2. The number of amides is 1. The summed E-state index contributed by atoms with van der Waals surface area (Å²) in [6, 6.07) is 13.2.